The Bertz CT molecular complexity index is 956. The Hall–Kier alpha value is -1.04. The summed E-state index contributed by atoms with van der Waals surface area (Å²) in [6.45, 7) is 3.92. The van der Waals surface area contributed by atoms with E-state index in [1.807, 2.05) is 13.0 Å². The quantitative estimate of drug-likeness (QED) is 0.331. The summed E-state index contributed by atoms with van der Waals surface area (Å²) in [6.07, 6.45) is 3.96. The Labute approximate surface area is 186 Å². The van der Waals surface area contributed by atoms with Gasteiger partial charge in [-0.2, -0.15) is 0 Å². The van der Waals surface area contributed by atoms with Crippen molar-refractivity contribution < 1.29 is 27.9 Å². The number of allylic oxidation sites excluding steroid dienone is 1. The van der Waals surface area contributed by atoms with Crippen LogP contribution in [0.4, 0.5) is 0 Å². The third-order valence-corrected chi connectivity index (χ3v) is 8.57. The molecule has 2 aliphatic rings. The lowest BCUT2D eigenvalue weighted by atomic mass is 9.74. The molecule has 0 radical (unpaired) electrons. The fourth-order valence-corrected chi connectivity index (χ4v) is 6.97. The van der Waals surface area contributed by atoms with Crippen molar-refractivity contribution >= 4 is 45.6 Å². The van der Waals surface area contributed by atoms with E-state index in [1.54, 1.807) is 6.07 Å². The van der Waals surface area contributed by atoms with Gasteiger partial charge in [0.1, 0.15) is 0 Å². The van der Waals surface area contributed by atoms with Gasteiger partial charge in [0, 0.05) is 6.32 Å². The molecule has 1 fully saturated rings. The second-order valence-corrected chi connectivity index (χ2v) is 10.9. The first kappa shape index (κ1) is 22.6. The molecule has 2 N–H and O–H groups in total. The van der Waals surface area contributed by atoms with Crippen LogP contribution in [0, 0.1) is 3.57 Å². The Kier molecular flexibility index (Phi) is 7.02. The highest BCUT2D eigenvalue weighted by Gasteiger charge is 2.47. The van der Waals surface area contributed by atoms with Crippen LogP contribution in [0.25, 0.3) is 6.08 Å². The van der Waals surface area contributed by atoms with Gasteiger partial charge in [-0.25, -0.2) is 8.42 Å². The van der Waals surface area contributed by atoms with Gasteiger partial charge < -0.3 is 19.5 Å². The molecular weight excluding hydrogens is 506 g/mol. The lowest BCUT2D eigenvalue weighted by molar-refractivity contribution is 0.170. The van der Waals surface area contributed by atoms with Gasteiger partial charge >= 0.3 is 7.12 Å². The van der Waals surface area contributed by atoms with E-state index in [0.717, 1.165) is 29.6 Å². The fourth-order valence-electron chi connectivity index (χ4n) is 4.17. The number of methoxy groups -OCH3 is 1. The van der Waals surface area contributed by atoms with Crippen LogP contribution in [0.15, 0.2) is 28.9 Å². The molecule has 0 amide bonds. The maximum atomic E-state index is 12.4. The van der Waals surface area contributed by atoms with Crippen LogP contribution in [-0.4, -0.2) is 49.9 Å². The summed E-state index contributed by atoms with van der Waals surface area (Å²) in [7, 11) is -2.77. The first-order chi connectivity index (χ1) is 13.7. The predicted octanol–water partition coefficient (Wildman–Crippen LogP) is 3.57. The lowest BCUT2D eigenvalue weighted by Crippen LogP contribution is -2.41. The van der Waals surface area contributed by atoms with Crippen molar-refractivity contribution in [2.24, 2.45) is 0 Å². The van der Waals surface area contributed by atoms with E-state index in [-0.39, 0.29) is 23.9 Å². The normalized spacial score (nSPS) is 24.0. The summed E-state index contributed by atoms with van der Waals surface area (Å²) in [5, 5.41) is 19.5. The molecular formula is C20H26BIO6S. The Morgan fingerprint density at radius 2 is 2.17 bits per heavy atom. The van der Waals surface area contributed by atoms with Gasteiger partial charge in [-0.05, 0) is 72.0 Å². The van der Waals surface area contributed by atoms with E-state index in [9.17, 15) is 18.5 Å². The van der Waals surface area contributed by atoms with Crippen molar-refractivity contribution in [3.05, 3.63) is 38.0 Å². The zero-order valence-corrected chi connectivity index (χ0v) is 19.8. The van der Waals surface area contributed by atoms with E-state index in [0.29, 0.717) is 15.7 Å². The molecule has 0 aromatic heterocycles. The third-order valence-electron chi connectivity index (χ3n) is 5.60. The van der Waals surface area contributed by atoms with Gasteiger partial charge in [-0.3, -0.25) is 0 Å². The minimum absolute atomic E-state index is 0.0573. The molecule has 29 heavy (non-hydrogen) atoms. The number of benzene rings is 1. The number of hydrogen-bond donors (Lipinski definition) is 2. The summed E-state index contributed by atoms with van der Waals surface area (Å²) in [5.74, 6) is 0.614. The molecule has 2 atom stereocenters. The Morgan fingerprint density at radius 1 is 1.45 bits per heavy atom. The monoisotopic (exact) mass is 532 g/mol. The van der Waals surface area contributed by atoms with Gasteiger partial charge in [-0.1, -0.05) is 24.1 Å². The average Bonchev–Trinajstić information content (AvgIpc) is 2.89. The van der Waals surface area contributed by atoms with Crippen molar-refractivity contribution in [1.82, 2.24) is 0 Å². The van der Waals surface area contributed by atoms with Crippen LogP contribution >= 0.6 is 22.6 Å². The molecule has 0 spiro atoms. The zero-order chi connectivity index (χ0) is 21.3. The van der Waals surface area contributed by atoms with Crippen LogP contribution in [0.3, 0.4) is 0 Å². The number of fused-ring (bicyclic) bond motifs is 1. The van der Waals surface area contributed by atoms with Crippen molar-refractivity contribution in [2.45, 2.75) is 50.8 Å². The minimum Gasteiger partial charge on any atom is -0.504 e. The number of sulfone groups is 1. The third kappa shape index (κ3) is 4.83. The summed E-state index contributed by atoms with van der Waals surface area (Å²) < 4.78 is 36.5. The molecule has 0 saturated carbocycles. The molecule has 2 aliphatic heterocycles. The highest BCUT2D eigenvalue weighted by Crippen LogP contribution is 2.39. The highest BCUT2D eigenvalue weighted by molar-refractivity contribution is 14.1. The Morgan fingerprint density at radius 3 is 2.83 bits per heavy atom. The molecule has 0 bridgehead atoms. The van der Waals surface area contributed by atoms with Crippen LogP contribution in [-0.2, 0) is 14.5 Å². The van der Waals surface area contributed by atoms with E-state index in [4.69, 9.17) is 9.39 Å². The SMILES string of the molecule is CC/C(=C\c1cc(I)c(O)c(OC)c1)CC[C@H]1OB(O)C[C@H]2C1=C(C)CS2(=O)=O. The predicted molar refractivity (Wildman–Crippen MR) is 123 cm³/mol. The molecule has 6 nitrogen and oxygen atoms in total. The van der Waals surface area contributed by atoms with Crippen LogP contribution < -0.4 is 4.74 Å². The summed E-state index contributed by atoms with van der Waals surface area (Å²) in [6, 6.07) is 3.68. The van der Waals surface area contributed by atoms with Gasteiger partial charge in [0.2, 0.25) is 0 Å². The topological polar surface area (TPSA) is 93.1 Å². The van der Waals surface area contributed by atoms with Crippen molar-refractivity contribution in [3.8, 4) is 11.5 Å². The Balaban J connectivity index is 1.79. The van der Waals surface area contributed by atoms with Gasteiger partial charge in [0.15, 0.2) is 21.3 Å². The molecule has 3 rings (SSSR count). The summed E-state index contributed by atoms with van der Waals surface area (Å²) in [4.78, 5) is 0. The fraction of sp³-hybridized carbons (Fsp3) is 0.500. The second kappa shape index (κ2) is 8.99. The minimum atomic E-state index is -3.24. The van der Waals surface area contributed by atoms with Crippen LogP contribution in [0.1, 0.15) is 38.7 Å². The number of aromatic hydroxyl groups is 1. The molecule has 1 saturated heterocycles. The zero-order valence-electron chi connectivity index (χ0n) is 16.8. The van der Waals surface area contributed by atoms with E-state index >= 15 is 0 Å². The van der Waals surface area contributed by atoms with Crippen molar-refractivity contribution in [2.75, 3.05) is 12.9 Å². The van der Waals surface area contributed by atoms with E-state index < -0.39 is 22.2 Å². The second-order valence-electron chi connectivity index (χ2n) is 7.59. The van der Waals surface area contributed by atoms with Crippen LogP contribution in [0.5, 0.6) is 11.5 Å². The molecule has 1 aromatic rings. The van der Waals surface area contributed by atoms with Crippen molar-refractivity contribution in [3.63, 3.8) is 0 Å². The first-order valence-corrected chi connectivity index (χ1v) is 12.5. The van der Waals surface area contributed by atoms with Crippen LogP contribution in [0.2, 0.25) is 6.32 Å². The summed E-state index contributed by atoms with van der Waals surface area (Å²) in [5.41, 5.74) is 3.80. The molecule has 1 aromatic carbocycles. The van der Waals surface area contributed by atoms with E-state index in [1.165, 1.54) is 12.7 Å². The lowest BCUT2D eigenvalue weighted by Gasteiger charge is -2.31. The average molecular weight is 532 g/mol. The number of hydrogen-bond acceptors (Lipinski definition) is 6. The standard InChI is InChI=1S/C20H26BIO6S/c1-4-13(7-14-8-15(22)20(23)17(9-14)27-3)5-6-16-19-12(2)11-29(25,26)18(19)10-21(24)28-16/h7-9,16,18,23-24H,4-6,10-11H2,1-3H3/b13-7+/t16-,18+/m1/s1. The van der Waals surface area contributed by atoms with E-state index in [2.05, 4.69) is 35.6 Å². The molecule has 9 heteroatoms. The summed E-state index contributed by atoms with van der Waals surface area (Å²) >= 11 is 2.07. The molecule has 0 aliphatic carbocycles. The smallest absolute Gasteiger partial charge is 0.456 e. The maximum absolute atomic E-state index is 12.4. The number of ether oxygens (including phenoxy) is 1. The number of rotatable bonds is 6. The maximum Gasteiger partial charge on any atom is 0.456 e. The highest BCUT2D eigenvalue weighted by atomic mass is 127. The largest absolute Gasteiger partial charge is 0.504 e. The molecule has 0 unspecified atom stereocenters. The van der Waals surface area contributed by atoms with Gasteiger partial charge in [0.25, 0.3) is 0 Å². The first-order valence-electron chi connectivity index (χ1n) is 9.66. The number of phenols is 1. The van der Waals surface area contributed by atoms with Gasteiger partial charge in [0.05, 0.1) is 27.8 Å². The number of phenolic OH excluding ortho intramolecular Hbond substituents is 1. The number of halogens is 1. The molecule has 158 valence electrons. The van der Waals surface area contributed by atoms with Gasteiger partial charge in [-0.15, -0.1) is 0 Å². The van der Waals surface area contributed by atoms with Crippen molar-refractivity contribution in [1.29, 1.82) is 0 Å². The molecule has 2 heterocycles.